The van der Waals surface area contributed by atoms with Gasteiger partial charge in [-0.1, -0.05) is 37.3 Å². The Hall–Kier alpha value is -1.90. The Bertz CT molecular complexity index is 674. The molecule has 2 saturated carbocycles. The van der Waals surface area contributed by atoms with E-state index in [2.05, 4.69) is 19.1 Å². The molecule has 1 aromatic carbocycles. The van der Waals surface area contributed by atoms with Crippen LogP contribution in [0.5, 0.6) is 0 Å². The number of para-hydroxylation sites is 1. The molecule has 3 heteroatoms. The van der Waals surface area contributed by atoms with Crippen LogP contribution in [0.3, 0.4) is 0 Å². The van der Waals surface area contributed by atoms with Gasteiger partial charge in [-0.15, -0.1) is 0 Å². The fourth-order valence-electron chi connectivity index (χ4n) is 4.98. The van der Waals surface area contributed by atoms with E-state index in [1.54, 1.807) is 0 Å². The van der Waals surface area contributed by atoms with Gasteiger partial charge in [-0.05, 0) is 54.6 Å². The lowest BCUT2D eigenvalue weighted by atomic mass is 9.83. The van der Waals surface area contributed by atoms with E-state index in [1.165, 1.54) is 17.7 Å². The number of hydrogen-bond donors (Lipinski definition) is 0. The number of amides is 2. The molecule has 2 fully saturated rings. The first-order valence-electron chi connectivity index (χ1n) is 8.12. The highest BCUT2D eigenvalue weighted by Crippen LogP contribution is 2.72. The lowest BCUT2D eigenvalue weighted by molar-refractivity contribution is -0.126. The number of nitrogens with zero attached hydrogens (tertiary/aromatic N) is 1. The number of allylic oxidation sites excluding steroid dienone is 2. The average molecular weight is 295 g/mol. The maximum atomic E-state index is 13.1. The zero-order valence-electron chi connectivity index (χ0n) is 13.0. The lowest BCUT2D eigenvalue weighted by Crippen LogP contribution is -2.40. The topological polar surface area (TPSA) is 37.4 Å². The molecule has 0 aromatic heterocycles. The quantitative estimate of drug-likeness (QED) is 0.633. The van der Waals surface area contributed by atoms with Crippen molar-refractivity contribution < 1.29 is 9.59 Å². The maximum absolute atomic E-state index is 13.1. The van der Waals surface area contributed by atoms with Crippen LogP contribution in [0.1, 0.15) is 25.3 Å². The number of benzene rings is 1. The van der Waals surface area contributed by atoms with E-state index in [9.17, 15) is 9.59 Å². The summed E-state index contributed by atoms with van der Waals surface area (Å²) in [6, 6.07) is 7.58. The minimum Gasteiger partial charge on any atom is -0.278 e. The van der Waals surface area contributed by atoms with Crippen LogP contribution in [-0.4, -0.2) is 12.3 Å². The molecule has 0 N–H and O–H groups in total. The van der Waals surface area contributed by atoms with Crippen molar-refractivity contribution in [1.82, 2.24) is 0 Å². The van der Waals surface area contributed by atoms with Crippen LogP contribution in [0, 0.1) is 36.0 Å². The van der Waals surface area contributed by atoms with Crippen LogP contribution in [0.25, 0.3) is 0 Å². The van der Waals surface area contributed by atoms with E-state index in [1.807, 2.05) is 31.2 Å². The average Bonchev–Trinajstić information content (AvgIpc) is 3.17. The molecule has 2 bridgehead atoms. The zero-order chi connectivity index (χ0) is 15.5. The monoisotopic (exact) mass is 295 g/mol. The van der Waals surface area contributed by atoms with Gasteiger partial charge in [-0.3, -0.25) is 14.5 Å². The van der Waals surface area contributed by atoms with Crippen molar-refractivity contribution in [3.8, 4) is 0 Å². The van der Waals surface area contributed by atoms with Crippen LogP contribution >= 0.6 is 0 Å². The number of imide groups is 1. The van der Waals surface area contributed by atoms with Gasteiger partial charge in [0.25, 0.3) is 0 Å². The van der Waals surface area contributed by atoms with E-state index in [4.69, 9.17) is 0 Å². The van der Waals surface area contributed by atoms with E-state index < -0.39 is 0 Å². The molecule has 3 aliphatic carbocycles. The third-order valence-corrected chi connectivity index (χ3v) is 6.20. The zero-order valence-corrected chi connectivity index (χ0v) is 13.0. The molecule has 0 aliphatic heterocycles. The molecule has 2 amide bonds. The highest BCUT2D eigenvalue weighted by molar-refractivity contribution is 6.09. The molecular weight excluding hydrogens is 274 g/mol. The van der Waals surface area contributed by atoms with Gasteiger partial charge in [0.2, 0.25) is 12.3 Å². The first kappa shape index (κ1) is 13.7. The van der Waals surface area contributed by atoms with E-state index in [0.29, 0.717) is 35.3 Å². The number of aryl methyl sites for hydroxylation is 1. The Morgan fingerprint density at radius 2 is 1.91 bits per heavy atom. The Morgan fingerprint density at radius 3 is 2.50 bits per heavy atom. The van der Waals surface area contributed by atoms with Gasteiger partial charge in [0.15, 0.2) is 0 Å². The normalized spacial score (nSPS) is 33.2. The third-order valence-electron chi connectivity index (χ3n) is 6.20. The predicted octanol–water partition coefficient (Wildman–Crippen LogP) is 3.33. The molecule has 22 heavy (non-hydrogen) atoms. The van der Waals surface area contributed by atoms with Crippen LogP contribution in [-0.2, 0) is 9.59 Å². The number of anilines is 1. The maximum Gasteiger partial charge on any atom is 0.237 e. The number of carbonyl (C=O) groups is 2. The van der Waals surface area contributed by atoms with Crippen molar-refractivity contribution in [2.45, 2.75) is 26.7 Å². The SMILES string of the molecule is Cc1ccccc1N(C=O)C(=O)[C@@H]1[C@@H](C)[C@H]2C=C[C@@H]1C21CC1. The summed E-state index contributed by atoms with van der Waals surface area (Å²) >= 11 is 0. The van der Waals surface area contributed by atoms with Gasteiger partial charge < -0.3 is 0 Å². The highest BCUT2D eigenvalue weighted by atomic mass is 16.2. The fourth-order valence-corrected chi connectivity index (χ4v) is 4.98. The fraction of sp³-hybridized carbons (Fsp3) is 0.474. The second kappa shape index (κ2) is 4.55. The van der Waals surface area contributed by atoms with Crippen molar-refractivity contribution in [3.05, 3.63) is 42.0 Å². The molecular formula is C19H21NO2. The second-order valence-electron chi connectivity index (χ2n) is 7.15. The van der Waals surface area contributed by atoms with Crippen molar-refractivity contribution in [1.29, 1.82) is 0 Å². The summed E-state index contributed by atoms with van der Waals surface area (Å²) in [5.74, 6) is 1.10. The van der Waals surface area contributed by atoms with Crippen LogP contribution in [0.15, 0.2) is 36.4 Å². The van der Waals surface area contributed by atoms with E-state index >= 15 is 0 Å². The first-order valence-corrected chi connectivity index (χ1v) is 8.12. The van der Waals surface area contributed by atoms with Crippen molar-refractivity contribution in [2.24, 2.45) is 29.1 Å². The molecule has 1 aromatic rings. The van der Waals surface area contributed by atoms with Gasteiger partial charge in [0.1, 0.15) is 0 Å². The first-order chi connectivity index (χ1) is 10.6. The number of carbonyl (C=O) groups excluding carboxylic acids is 2. The molecule has 4 rings (SSSR count). The summed E-state index contributed by atoms with van der Waals surface area (Å²) in [5, 5.41) is 0. The summed E-state index contributed by atoms with van der Waals surface area (Å²) in [6.45, 7) is 4.11. The molecule has 0 radical (unpaired) electrons. The summed E-state index contributed by atoms with van der Waals surface area (Å²) < 4.78 is 0. The van der Waals surface area contributed by atoms with Crippen LogP contribution in [0.2, 0.25) is 0 Å². The molecule has 0 heterocycles. The molecule has 0 unspecified atom stereocenters. The Morgan fingerprint density at radius 1 is 1.23 bits per heavy atom. The van der Waals surface area contributed by atoms with Crippen molar-refractivity contribution in [3.63, 3.8) is 0 Å². The Balaban J connectivity index is 1.68. The predicted molar refractivity (Wildman–Crippen MR) is 85.2 cm³/mol. The molecule has 114 valence electrons. The van der Waals surface area contributed by atoms with Gasteiger partial charge in [-0.2, -0.15) is 0 Å². The lowest BCUT2D eigenvalue weighted by Gasteiger charge is -2.28. The molecule has 1 spiro atoms. The molecule has 3 nitrogen and oxygen atoms in total. The number of hydrogen-bond acceptors (Lipinski definition) is 2. The standard InChI is InChI=1S/C19H21NO2/c1-12-5-3-4-6-16(12)20(11-21)18(22)17-13(2)14-7-8-15(17)19(14)9-10-19/h3-8,11,13-15,17H,9-10H2,1-2H3/t13-,14+,15-,17+/m0/s1. The third kappa shape index (κ3) is 1.62. The molecule has 3 aliphatic rings. The summed E-state index contributed by atoms with van der Waals surface area (Å²) in [7, 11) is 0. The van der Waals surface area contributed by atoms with E-state index in [0.717, 1.165) is 5.56 Å². The minimum atomic E-state index is -0.0534. The van der Waals surface area contributed by atoms with Gasteiger partial charge in [0, 0.05) is 5.92 Å². The van der Waals surface area contributed by atoms with Gasteiger partial charge in [-0.25, -0.2) is 0 Å². The summed E-state index contributed by atoms with van der Waals surface area (Å²) in [4.78, 5) is 26.1. The van der Waals surface area contributed by atoms with Crippen LogP contribution < -0.4 is 4.90 Å². The second-order valence-corrected chi connectivity index (χ2v) is 7.15. The summed E-state index contributed by atoms with van der Waals surface area (Å²) in [6.07, 6.45) is 7.70. The van der Waals surface area contributed by atoms with Crippen LogP contribution in [0.4, 0.5) is 5.69 Å². The number of rotatable bonds is 3. The molecule has 4 atom stereocenters. The van der Waals surface area contributed by atoms with Crippen molar-refractivity contribution >= 4 is 18.0 Å². The minimum absolute atomic E-state index is 0.0278. The van der Waals surface area contributed by atoms with Gasteiger partial charge in [0.05, 0.1) is 5.69 Å². The largest absolute Gasteiger partial charge is 0.278 e. The summed E-state index contributed by atoms with van der Waals surface area (Å²) in [5.41, 5.74) is 2.02. The molecule has 0 saturated heterocycles. The smallest absolute Gasteiger partial charge is 0.237 e. The Labute approximate surface area is 131 Å². The van der Waals surface area contributed by atoms with E-state index in [-0.39, 0.29) is 11.8 Å². The van der Waals surface area contributed by atoms with Gasteiger partial charge >= 0.3 is 0 Å². The van der Waals surface area contributed by atoms with Crippen molar-refractivity contribution in [2.75, 3.05) is 4.90 Å². The highest BCUT2D eigenvalue weighted by Gasteiger charge is 2.67. The Kier molecular flexibility index (Phi) is 2.84.